The Kier molecular flexibility index (Phi) is 6.67. The average Bonchev–Trinajstić information content (AvgIpc) is 2.65. The molecule has 1 N–H and O–H groups in total. The van der Waals surface area contributed by atoms with E-state index in [1.807, 2.05) is 12.1 Å². The zero-order chi connectivity index (χ0) is 20.9. The summed E-state index contributed by atoms with van der Waals surface area (Å²) in [5.74, 6) is -2.53. The Morgan fingerprint density at radius 1 is 1.04 bits per heavy atom. The van der Waals surface area contributed by atoms with Crippen LogP contribution in [0.5, 0.6) is 0 Å². The molecule has 0 saturated heterocycles. The van der Waals surface area contributed by atoms with Gasteiger partial charge in [-0.3, -0.25) is 14.4 Å². The number of benzene rings is 2. The van der Waals surface area contributed by atoms with Gasteiger partial charge in [-0.2, -0.15) is 0 Å². The number of Topliss-reactive ketones (excluding diaryl/α,β-unsaturated/α-hetero) is 1. The van der Waals surface area contributed by atoms with Crippen molar-refractivity contribution in [2.45, 2.75) is 39.2 Å². The molecule has 148 valence electrons. The van der Waals surface area contributed by atoms with Crippen molar-refractivity contribution in [2.24, 2.45) is 0 Å². The van der Waals surface area contributed by atoms with Gasteiger partial charge in [-0.25, -0.2) is 4.39 Å². The predicted molar refractivity (Wildman–Crippen MR) is 104 cm³/mol. The van der Waals surface area contributed by atoms with Crippen molar-refractivity contribution in [3.63, 3.8) is 0 Å². The molecule has 0 radical (unpaired) electrons. The second kappa shape index (κ2) is 8.78. The predicted octanol–water partition coefficient (Wildman–Crippen LogP) is 3.67. The molecule has 6 heteroatoms. The zero-order valence-corrected chi connectivity index (χ0v) is 16.4. The van der Waals surface area contributed by atoms with Crippen LogP contribution in [0.4, 0.5) is 4.39 Å². The quantitative estimate of drug-likeness (QED) is 0.608. The van der Waals surface area contributed by atoms with Gasteiger partial charge in [0.05, 0.1) is 5.56 Å². The number of ketones is 1. The summed E-state index contributed by atoms with van der Waals surface area (Å²) in [4.78, 5) is 36.2. The van der Waals surface area contributed by atoms with Crippen LogP contribution in [-0.2, 0) is 14.9 Å². The van der Waals surface area contributed by atoms with E-state index < -0.39 is 30.3 Å². The van der Waals surface area contributed by atoms with Gasteiger partial charge >= 0.3 is 5.97 Å². The summed E-state index contributed by atoms with van der Waals surface area (Å²) in [5, 5.41) is 2.28. The molecule has 0 aromatic heterocycles. The van der Waals surface area contributed by atoms with Crippen LogP contribution in [-0.4, -0.2) is 30.3 Å². The molecule has 0 unspecified atom stereocenters. The van der Waals surface area contributed by atoms with Gasteiger partial charge in [-0.15, -0.1) is 0 Å². The van der Waals surface area contributed by atoms with Gasteiger partial charge in [0.25, 0.3) is 5.91 Å². The standard InChI is InChI=1S/C22H24FNO4/c1-14(20(26)15-9-11-16(12-10-15)22(2,3)4)28-19(25)13-24-21(27)17-7-5-6-8-18(17)23/h5-12,14H,13H2,1-4H3,(H,24,27)/t14-/m0/s1. The van der Waals surface area contributed by atoms with E-state index in [0.717, 1.165) is 11.6 Å². The molecule has 2 aromatic carbocycles. The van der Waals surface area contributed by atoms with Crippen molar-refractivity contribution < 1.29 is 23.5 Å². The minimum Gasteiger partial charge on any atom is -0.453 e. The van der Waals surface area contributed by atoms with E-state index in [1.165, 1.54) is 25.1 Å². The lowest BCUT2D eigenvalue weighted by Gasteiger charge is -2.19. The van der Waals surface area contributed by atoms with Crippen molar-refractivity contribution in [3.05, 3.63) is 71.0 Å². The van der Waals surface area contributed by atoms with E-state index in [9.17, 15) is 18.8 Å². The molecule has 0 saturated carbocycles. The van der Waals surface area contributed by atoms with Crippen LogP contribution >= 0.6 is 0 Å². The van der Waals surface area contributed by atoms with Gasteiger partial charge in [-0.1, -0.05) is 57.2 Å². The number of esters is 1. The van der Waals surface area contributed by atoms with Crippen molar-refractivity contribution in [3.8, 4) is 0 Å². The average molecular weight is 385 g/mol. The molecule has 0 aliphatic heterocycles. The largest absolute Gasteiger partial charge is 0.453 e. The second-order valence-corrected chi connectivity index (χ2v) is 7.49. The van der Waals surface area contributed by atoms with Gasteiger partial charge in [0.1, 0.15) is 12.4 Å². The zero-order valence-electron chi connectivity index (χ0n) is 16.4. The third-order valence-electron chi connectivity index (χ3n) is 4.22. The number of nitrogens with one attached hydrogen (secondary N) is 1. The van der Waals surface area contributed by atoms with E-state index >= 15 is 0 Å². The number of ether oxygens (including phenoxy) is 1. The van der Waals surface area contributed by atoms with Crippen LogP contribution in [0.3, 0.4) is 0 Å². The SMILES string of the molecule is C[C@H](OC(=O)CNC(=O)c1ccccc1F)C(=O)c1ccc(C(C)(C)C)cc1. The lowest BCUT2D eigenvalue weighted by Crippen LogP contribution is -2.34. The third-order valence-corrected chi connectivity index (χ3v) is 4.22. The van der Waals surface area contributed by atoms with Gasteiger partial charge < -0.3 is 10.1 Å². The number of hydrogen-bond donors (Lipinski definition) is 1. The van der Waals surface area contributed by atoms with Crippen molar-refractivity contribution in [1.82, 2.24) is 5.32 Å². The number of carbonyl (C=O) groups is 3. The molecule has 0 spiro atoms. The minimum absolute atomic E-state index is 0.0317. The number of carbonyl (C=O) groups excluding carboxylic acids is 3. The van der Waals surface area contributed by atoms with Crippen LogP contribution in [0.15, 0.2) is 48.5 Å². The first-order chi connectivity index (χ1) is 13.1. The molecule has 1 atom stereocenters. The van der Waals surface area contributed by atoms with Gasteiger partial charge in [0.2, 0.25) is 5.78 Å². The highest BCUT2D eigenvalue weighted by Gasteiger charge is 2.21. The Morgan fingerprint density at radius 3 is 2.21 bits per heavy atom. The topological polar surface area (TPSA) is 72.5 Å². The maximum absolute atomic E-state index is 13.5. The first-order valence-electron chi connectivity index (χ1n) is 8.96. The summed E-state index contributed by atoms with van der Waals surface area (Å²) >= 11 is 0. The molecule has 2 rings (SSSR count). The Hall–Kier alpha value is -3.02. The van der Waals surface area contributed by atoms with Crippen LogP contribution in [0, 0.1) is 5.82 Å². The Morgan fingerprint density at radius 2 is 1.64 bits per heavy atom. The highest BCUT2D eigenvalue weighted by atomic mass is 19.1. The van der Waals surface area contributed by atoms with Crippen molar-refractivity contribution in [2.75, 3.05) is 6.54 Å². The fourth-order valence-electron chi connectivity index (χ4n) is 2.55. The van der Waals surface area contributed by atoms with E-state index in [-0.39, 0.29) is 16.8 Å². The number of amides is 1. The molecule has 28 heavy (non-hydrogen) atoms. The second-order valence-electron chi connectivity index (χ2n) is 7.49. The van der Waals surface area contributed by atoms with E-state index in [4.69, 9.17) is 4.74 Å². The van der Waals surface area contributed by atoms with Crippen molar-refractivity contribution >= 4 is 17.7 Å². The smallest absolute Gasteiger partial charge is 0.326 e. The molecule has 0 bridgehead atoms. The highest BCUT2D eigenvalue weighted by Crippen LogP contribution is 2.22. The Bertz CT molecular complexity index is 869. The fourth-order valence-corrected chi connectivity index (χ4v) is 2.55. The molecule has 5 nitrogen and oxygen atoms in total. The first kappa shape index (κ1) is 21.3. The molecule has 1 amide bonds. The Balaban J connectivity index is 1.90. The molecule has 0 heterocycles. The maximum atomic E-state index is 13.5. The van der Waals surface area contributed by atoms with Crippen LogP contribution in [0.1, 0.15) is 54.0 Å². The third kappa shape index (κ3) is 5.49. The molecular formula is C22H24FNO4. The van der Waals surface area contributed by atoms with E-state index in [1.54, 1.807) is 12.1 Å². The van der Waals surface area contributed by atoms with Crippen molar-refractivity contribution in [1.29, 1.82) is 0 Å². The monoisotopic (exact) mass is 385 g/mol. The van der Waals surface area contributed by atoms with Gasteiger partial charge in [0, 0.05) is 5.56 Å². The Labute approximate surface area is 163 Å². The molecule has 0 aliphatic carbocycles. The number of rotatable bonds is 6. The first-order valence-corrected chi connectivity index (χ1v) is 8.96. The molecular weight excluding hydrogens is 361 g/mol. The van der Waals surface area contributed by atoms with E-state index in [0.29, 0.717) is 5.56 Å². The summed E-state index contributed by atoms with van der Waals surface area (Å²) < 4.78 is 18.6. The lowest BCUT2D eigenvalue weighted by molar-refractivity contribution is -0.145. The summed E-state index contributed by atoms with van der Waals surface area (Å²) in [6, 6.07) is 12.6. The number of halogens is 1. The lowest BCUT2D eigenvalue weighted by atomic mass is 9.86. The summed E-state index contributed by atoms with van der Waals surface area (Å²) in [5.41, 5.74) is 1.32. The molecule has 0 aliphatic rings. The fraction of sp³-hybridized carbons (Fsp3) is 0.318. The maximum Gasteiger partial charge on any atom is 0.326 e. The summed E-state index contributed by atoms with van der Waals surface area (Å²) in [7, 11) is 0. The molecule has 2 aromatic rings. The normalized spacial score (nSPS) is 12.2. The van der Waals surface area contributed by atoms with Crippen LogP contribution in [0.25, 0.3) is 0 Å². The van der Waals surface area contributed by atoms with Gasteiger partial charge in [0.15, 0.2) is 6.10 Å². The summed E-state index contributed by atoms with van der Waals surface area (Å²) in [6.07, 6.45) is -1.00. The van der Waals surface area contributed by atoms with E-state index in [2.05, 4.69) is 26.1 Å². The van der Waals surface area contributed by atoms with Crippen LogP contribution in [0.2, 0.25) is 0 Å². The minimum atomic E-state index is -1.00. The number of hydrogen-bond acceptors (Lipinski definition) is 4. The van der Waals surface area contributed by atoms with Crippen LogP contribution < -0.4 is 5.32 Å². The summed E-state index contributed by atoms with van der Waals surface area (Å²) in [6.45, 7) is 7.22. The van der Waals surface area contributed by atoms with Gasteiger partial charge in [-0.05, 0) is 30.0 Å². The highest BCUT2D eigenvalue weighted by molar-refractivity contribution is 6.00. The molecule has 0 fully saturated rings.